The predicted molar refractivity (Wildman–Crippen MR) is 95.8 cm³/mol. The number of nitrogens with zero attached hydrogens (tertiary/aromatic N) is 4. The van der Waals surface area contributed by atoms with E-state index in [4.69, 9.17) is 0 Å². The average Bonchev–Trinajstić information content (AvgIpc) is 3.13. The minimum absolute atomic E-state index is 0.106. The zero-order chi connectivity index (χ0) is 18.2. The summed E-state index contributed by atoms with van der Waals surface area (Å²) in [4.78, 5) is 28.9. The van der Waals surface area contributed by atoms with E-state index in [1.54, 1.807) is 0 Å². The van der Waals surface area contributed by atoms with Gasteiger partial charge in [-0.05, 0) is 52.0 Å². The van der Waals surface area contributed by atoms with Gasteiger partial charge >= 0.3 is 0 Å². The maximum absolute atomic E-state index is 12.8. The van der Waals surface area contributed by atoms with Crippen LogP contribution in [0.25, 0.3) is 0 Å². The summed E-state index contributed by atoms with van der Waals surface area (Å²) < 4.78 is 2.01. The smallest absolute Gasteiger partial charge is 0.227 e. The number of aromatic nitrogens is 2. The summed E-state index contributed by atoms with van der Waals surface area (Å²) in [6, 6.07) is 0. The summed E-state index contributed by atoms with van der Waals surface area (Å²) in [5.74, 6) is 0.667. The molecule has 0 aromatic carbocycles. The fourth-order valence-corrected chi connectivity index (χ4v) is 3.95. The maximum atomic E-state index is 12.8. The third-order valence-corrected chi connectivity index (χ3v) is 5.42. The van der Waals surface area contributed by atoms with Crippen LogP contribution in [-0.2, 0) is 16.1 Å². The first-order valence-corrected chi connectivity index (χ1v) is 9.32. The van der Waals surface area contributed by atoms with E-state index in [1.807, 2.05) is 41.4 Å². The monoisotopic (exact) mass is 346 g/mol. The quantitative estimate of drug-likeness (QED) is 0.842. The standard InChI is InChI=1S/C19H30N4O2/c1-14-10-20-22(11-14)12-15-5-7-21(8-6-15)18(25)16-9-17(24)23(13-16)19(2,3)4/h10-11,15-16H,5-9,12-13H2,1-4H3/t16-/m1/s1. The van der Waals surface area contributed by atoms with Gasteiger partial charge in [0.15, 0.2) is 0 Å². The van der Waals surface area contributed by atoms with Crippen molar-refractivity contribution < 1.29 is 9.59 Å². The Bertz CT molecular complexity index is 638. The van der Waals surface area contributed by atoms with Crippen LogP contribution in [0, 0.1) is 18.8 Å². The number of hydrogen-bond donors (Lipinski definition) is 0. The molecule has 2 aliphatic rings. The molecule has 0 N–H and O–H groups in total. The average molecular weight is 346 g/mol. The Morgan fingerprint density at radius 2 is 1.96 bits per heavy atom. The fourth-order valence-electron chi connectivity index (χ4n) is 3.95. The van der Waals surface area contributed by atoms with E-state index in [1.165, 1.54) is 5.56 Å². The highest BCUT2D eigenvalue weighted by Gasteiger charge is 2.41. The number of aryl methyl sites for hydroxylation is 1. The molecule has 1 aromatic rings. The van der Waals surface area contributed by atoms with Crippen molar-refractivity contribution in [1.82, 2.24) is 19.6 Å². The molecule has 0 unspecified atom stereocenters. The molecule has 138 valence electrons. The van der Waals surface area contributed by atoms with Crippen LogP contribution >= 0.6 is 0 Å². The molecule has 2 saturated heterocycles. The molecule has 6 heteroatoms. The molecule has 0 spiro atoms. The Morgan fingerprint density at radius 1 is 1.28 bits per heavy atom. The molecular weight excluding hydrogens is 316 g/mol. The van der Waals surface area contributed by atoms with E-state index < -0.39 is 0 Å². The van der Waals surface area contributed by atoms with Gasteiger partial charge in [-0.25, -0.2) is 0 Å². The number of rotatable bonds is 3. The van der Waals surface area contributed by atoms with E-state index in [-0.39, 0.29) is 23.3 Å². The lowest BCUT2D eigenvalue weighted by Gasteiger charge is -2.34. The zero-order valence-electron chi connectivity index (χ0n) is 15.9. The highest BCUT2D eigenvalue weighted by Crippen LogP contribution is 2.28. The van der Waals surface area contributed by atoms with Gasteiger partial charge in [0.05, 0.1) is 12.1 Å². The van der Waals surface area contributed by atoms with E-state index in [2.05, 4.69) is 18.2 Å². The van der Waals surface area contributed by atoms with Crippen molar-refractivity contribution in [2.75, 3.05) is 19.6 Å². The van der Waals surface area contributed by atoms with Crippen molar-refractivity contribution in [1.29, 1.82) is 0 Å². The zero-order valence-corrected chi connectivity index (χ0v) is 15.9. The molecular formula is C19H30N4O2. The minimum atomic E-state index is -0.207. The van der Waals surface area contributed by atoms with Crippen molar-refractivity contribution in [3.05, 3.63) is 18.0 Å². The first-order valence-electron chi connectivity index (χ1n) is 9.32. The molecule has 3 heterocycles. The van der Waals surface area contributed by atoms with Crippen molar-refractivity contribution in [2.45, 2.75) is 59.0 Å². The molecule has 0 aliphatic carbocycles. The van der Waals surface area contributed by atoms with Crippen LogP contribution in [0.5, 0.6) is 0 Å². The van der Waals surface area contributed by atoms with Crippen molar-refractivity contribution in [3.8, 4) is 0 Å². The lowest BCUT2D eigenvalue weighted by atomic mass is 9.95. The van der Waals surface area contributed by atoms with Gasteiger partial charge in [-0.2, -0.15) is 5.10 Å². The molecule has 25 heavy (non-hydrogen) atoms. The molecule has 2 fully saturated rings. The highest BCUT2D eigenvalue weighted by atomic mass is 16.2. The number of piperidine rings is 1. The third-order valence-electron chi connectivity index (χ3n) is 5.42. The first-order chi connectivity index (χ1) is 11.7. The molecule has 1 atom stereocenters. The highest BCUT2D eigenvalue weighted by molar-refractivity contribution is 5.89. The van der Waals surface area contributed by atoms with E-state index in [0.29, 0.717) is 18.9 Å². The van der Waals surface area contributed by atoms with Gasteiger partial charge in [-0.15, -0.1) is 0 Å². The summed E-state index contributed by atoms with van der Waals surface area (Å²) in [5, 5.41) is 4.36. The van der Waals surface area contributed by atoms with Crippen LogP contribution in [-0.4, -0.2) is 56.6 Å². The minimum Gasteiger partial charge on any atom is -0.342 e. The number of amides is 2. The summed E-state index contributed by atoms with van der Waals surface area (Å²) in [6.07, 6.45) is 6.34. The van der Waals surface area contributed by atoms with Gasteiger partial charge < -0.3 is 9.80 Å². The van der Waals surface area contributed by atoms with E-state index >= 15 is 0 Å². The number of likely N-dealkylation sites (tertiary alicyclic amines) is 2. The summed E-state index contributed by atoms with van der Waals surface area (Å²) in [7, 11) is 0. The fraction of sp³-hybridized carbons (Fsp3) is 0.737. The van der Waals surface area contributed by atoms with Crippen LogP contribution in [0.1, 0.15) is 45.6 Å². The Morgan fingerprint density at radius 3 is 2.48 bits per heavy atom. The van der Waals surface area contributed by atoms with Gasteiger partial charge in [-0.3, -0.25) is 14.3 Å². The topological polar surface area (TPSA) is 58.4 Å². The molecule has 1 aromatic heterocycles. The Balaban J connectivity index is 1.51. The number of carbonyl (C=O) groups is 2. The molecule has 6 nitrogen and oxygen atoms in total. The van der Waals surface area contributed by atoms with Crippen molar-refractivity contribution in [3.63, 3.8) is 0 Å². The van der Waals surface area contributed by atoms with Gasteiger partial charge in [0.25, 0.3) is 0 Å². The van der Waals surface area contributed by atoms with Gasteiger partial charge in [0.1, 0.15) is 0 Å². The Hall–Kier alpha value is -1.85. The van der Waals surface area contributed by atoms with Crippen LogP contribution in [0.3, 0.4) is 0 Å². The Labute approximate surface area is 150 Å². The molecule has 0 bridgehead atoms. The summed E-state index contributed by atoms with van der Waals surface area (Å²) in [6.45, 7) is 11.2. The van der Waals surface area contributed by atoms with Gasteiger partial charge in [0, 0.05) is 44.3 Å². The summed E-state index contributed by atoms with van der Waals surface area (Å²) >= 11 is 0. The maximum Gasteiger partial charge on any atom is 0.227 e. The van der Waals surface area contributed by atoms with Gasteiger partial charge in [0.2, 0.25) is 11.8 Å². The van der Waals surface area contributed by atoms with Crippen LogP contribution < -0.4 is 0 Å². The molecule has 3 rings (SSSR count). The molecule has 2 aliphatic heterocycles. The van der Waals surface area contributed by atoms with Gasteiger partial charge in [-0.1, -0.05) is 0 Å². The Kier molecular flexibility index (Phi) is 4.89. The summed E-state index contributed by atoms with van der Waals surface area (Å²) in [5.41, 5.74) is 0.975. The van der Waals surface area contributed by atoms with Crippen LogP contribution in [0.2, 0.25) is 0 Å². The molecule has 0 saturated carbocycles. The second kappa shape index (κ2) is 6.81. The molecule has 2 amide bonds. The second-order valence-electron chi connectivity index (χ2n) is 8.58. The van der Waals surface area contributed by atoms with E-state index in [0.717, 1.165) is 32.5 Å². The predicted octanol–water partition coefficient (Wildman–Crippen LogP) is 2.08. The lowest BCUT2D eigenvalue weighted by Crippen LogP contribution is -2.45. The largest absolute Gasteiger partial charge is 0.342 e. The SMILES string of the molecule is Cc1cnn(CC2CCN(C(=O)[C@@H]3CC(=O)N(C(C)(C)C)C3)CC2)c1. The van der Waals surface area contributed by atoms with Crippen molar-refractivity contribution >= 4 is 11.8 Å². The second-order valence-corrected chi connectivity index (χ2v) is 8.58. The number of hydrogen-bond acceptors (Lipinski definition) is 3. The van der Waals surface area contributed by atoms with Crippen molar-refractivity contribution in [2.24, 2.45) is 11.8 Å². The van der Waals surface area contributed by atoms with Crippen LogP contribution in [0.15, 0.2) is 12.4 Å². The van der Waals surface area contributed by atoms with Crippen LogP contribution in [0.4, 0.5) is 0 Å². The number of carbonyl (C=O) groups excluding carboxylic acids is 2. The first kappa shape index (κ1) is 18.0. The lowest BCUT2D eigenvalue weighted by molar-refractivity contribution is -0.137. The molecule has 0 radical (unpaired) electrons. The normalized spacial score (nSPS) is 22.7. The van der Waals surface area contributed by atoms with E-state index in [9.17, 15) is 9.59 Å². The third kappa shape index (κ3) is 4.05.